The first-order valence-electron chi connectivity index (χ1n) is 10.8. The molecule has 3 fully saturated rings. The van der Waals surface area contributed by atoms with Gasteiger partial charge in [0.1, 0.15) is 17.2 Å². The first-order valence-corrected chi connectivity index (χ1v) is 11.2. The average molecular weight is 421 g/mol. The van der Waals surface area contributed by atoms with Gasteiger partial charge in [0.2, 0.25) is 0 Å². The van der Waals surface area contributed by atoms with Crippen molar-refractivity contribution < 1.29 is 9.13 Å². The van der Waals surface area contributed by atoms with Gasteiger partial charge in [-0.3, -0.25) is 9.80 Å². The Morgan fingerprint density at radius 3 is 2.72 bits per heavy atom. The maximum atomic E-state index is 13.6. The third-order valence-electron chi connectivity index (χ3n) is 6.90. The predicted octanol–water partition coefficient (Wildman–Crippen LogP) is 4.21. The molecule has 3 saturated heterocycles. The zero-order valence-electron chi connectivity index (χ0n) is 17.3. The maximum Gasteiger partial charge on any atom is 0.126 e. The number of nitrogens with zero attached hydrogens (tertiary/aromatic N) is 3. The van der Waals surface area contributed by atoms with Crippen LogP contribution in [-0.4, -0.2) is 63.7 Å². The third kappa shape index (κ3) is 4.05. The molecule has 5 nitrogen and oxygen atoms in total. The Kier molecular flexibility index (Phi) is 5.09. The molecule has 0 spiro atoms. The lowest BCUT2D eigenvalue weighted by molar-refractivity contribution is -0.0818. The highest BCUT2D eigenvalue weighted by Gasteiger charge is 2.41. The van der Waals surface area contributed by atoms with E-state index in [2.05, 4.69) is 33.6 Å². The van der Waals surface area contributed by atoms with E-state index in [1.54, 1.807) is 0 Å². The van der Waals surface area contributed by atoms with E-state index in [9.17, 15) is 4.39 Å². The van der Waals surface area contributed by atoms with E-state index < -0.39 is 0 Å². The molecule has 3 aliphatic rings. The van der Waals surface area contributed by atoms with Crippen molar-refractivity contribution in [2.75, 3.05) is 26.2 Å². The normalized spacial score (nSPS) is 30.3. The topological polar surface area (TPSA) is 44.4 Å². The number of imidazole rings is 1. The first kappa shape index (κ1) is 19.7. The van der Waals surface area contributed by atoms with Gasteiger partial charge in [-0.05, 0) is 57.6 Å². The number of hydrogen-bond acceptors (Lipinski definition) is 4. The molecule has 2 bridgehead atoms. The Bertz CT molecular complexity index is 886. The highest BCUT2D eigenvalue weighted by molar-refractivity contribution is 6.34. The molecule has 158 valence electrons. The molecule has 0 amide bonds. The highest BCUT2D eigenvalue weighted by atomic mass is 35.5. The maximum absolute atomic E-state index is 13.6. The quantitative estimate of drug-likeness (QED) is 0.804. The van der Waals surface area contributed by atoms with Gasteiger partial charge in [0.05, 0.1) is 22.7 Å². The van der Waals surface area contributed by atoms with E-state index in [-0.39, 0.29) is 11.4 Å². The zero-order valence-corrected chi connectivity index (χ0v) is 18.0. The molecule has 1 aromatic heterocycles. The summed E-state index contributed by atoms with van der Waals surface area (Å²) in [6, 6.07) is 4.05. The van der Waals surface area contributed by atoms with E-state index in [4.69, 9.17) is 16.3 Å². The van der Waals surface area contributed by atoms with Crippen LogP contribution in [-0.2, 0) is 11.3 Å². The Morgan fingerprint density at radius 2 is 2.00 bits per heavy atom. The summed E-state index contributed by atoms with van der Waals surface area (Å²) in [5.41, 5.74) is 1.35. The van der Waals surface area contributed by atoms with Crippen molar-refractivity contribution in [2.24, 2.45) is 5.92 Å². The summed E-state index contributed by atoms with van der Waals surface area (Å²) in [5.74, 6) is 1.27. The van der Waals surface area contributed by atoms with Crippen LogP contribution < -0.4 is 0 Å². The van der Waals surface area contributed by atoms with E-state index in [0.717, 1.165) is 44.4 Å². The van der Waals surface area contributed by atoms with Crippen LogP contribution in [0.25, 0.3) is 11.0 Å². The average Bonchev–Trinajstić information content (AvgIpc) is 3.12. The van der Waals surface area contributed by atoms with Crippen LogP contribution in [0.15, 0.2) is 12.1 Å². The zero-order chi connectivity index (χ0) is 20.2. The number of aromatic amines is 1. The van der Waals surface area contributed by atoms with Crippen molar-refractivity contribution in [3.63, 3.8) is 0 Å². The second kappa shape index (κ2) is 7.49. The molecule has 1 aromatic carbocycles. The first-order chi connectivity index (χ1) is 13.9. The number of H-pyrrole nitrogens is 1. The molecule has 3 unspecified atom stereocenters. The largest absolute Gasteiger partial charge is 0.376 e. The second-order valence-electron chi connectivity index (χ2n) is 9.71. The van der Waals surface area contributed by atoms with Gasteiger partial charge in [-0.25, -0.2) is 9.37 Å². The van der Waals surface area contributed by atoms with Crippen LogP contribution in [0.3, 0.4) is 0 Å². The number of aromatic nitrogens is 2. The number of halogens is 2. The summed E-state index contributed by atoms with van der Waals surface area (Å²) >= 11 is 6.15. The lowest BCUT2D eigenvalue weighted by Crippen LogP contribution is -2.55. The molecule has 0 aliphatic carbocycles. The van der Waals surface area contributed by atoms with Crippen molar-refractivity contribution in [1.82, 2.24) is 19.8 Å². The molecular weight excluding hydrogens is 391 g/mol. The summed E-state index contributed by atoms with van der Waals surface area (Å²) in [6.07, 6.45) is 4.90. The van der Waals surface area contributed by atoms with Gasteiger partial charge in [0, 0.05) is 38.3 Å². The molecule has 3 atom stereocenters. The predicted molar refractivity (Wildman–Crippen MR) is 113 cm³/mol. The number of likely N-dealkylation sites (tertiary alicyclic amines) is 1. The Balaban J connectivity index is 1.24. The fourth-order valence-electron chi connectivity index (χ4n) is 5.70. The van der Waals surface area contributed by atoms with Crippen LogP contribution in [0, 0.1) is 11.7 Å². The van der Waals surface area contributed by atoms with Gasteiger partial charge in [-0.15, -0.1) is 0 Å². The molecule has 0 radical (unpaired) electrons. The van der Waals surface area contributed by atoms with E-state index >= 15 is 0 Å². The van der Waals surface area contributed by atoms with Gasteiger partial charge in [0.15, 0.2) is 0 Å². The van der Waals surface area contributed by atoms with Crippen molar-refractivity contribution in [1.29, 1.82) is 0 Å². The van der Waals surface area contributed by atoms with Gasteiger partial charge in [-0.1, -0.05) is 11.6 Å². The summed E-state index contributed by atoms with van der Waals surface area (Å²) in [6.45, 7) is 9.44. The molecule has 5 rings (SSSR count). The lowest BCUT2D eigenvalue weighted by atomic mass is 9.87. The fraction of sp³-hybridized carbons (Fsp3) is 0.682. The number of fused-ring (bicyclic) bond motifs is 3. The SMILES string of the molecule is CC1(C)CC(CN2C3CCC2CN(Cc2nc4c(Cl)cc(F)cc4[nH]2)C3)CCO1. The van der Waals surface area contributed by atoms with Crippen molar-refractivity contribution >= 4 is 22.6 Å². The summed E-state index contributed by atoms with van der Waals surface area (Å²) in [4.78, 5) is 13.1. The number of benzene rings is 1. The number of rotatable bonds is 4. The van der Waals surface area contributed by atoms with Crippen molar-refractivity contribution in [2.45, 2.75) is 63.8 Å². The standard InChI is InChI=1S/C22H30ClFN4O/c1-22(2)9-14(5-6-29-22)10-28-16-3-4-17(28)12-27(11-16)13-20-25-19-8-15(24)7-18(23)21(19)26-20/h7-8,14,16-17H,3-6,9-13H2,1-2H3,(H,25,26). The van der Waals surface area contributed by atoms with Gasteiger partial charge in [0.25, 0.3) is 0 Å². The number of ether oxygens (including phenoxy) is 1. The van der Waals surface area contributed by atoms with Crippen LogP contribution in [0.2, 0.25) is 5.02 Å². The molecule has 29 heavy (non-hydrogen) atoms. The van der Waals surface area contributed by atoms with Crippen molar-refractivity contribution in [3.8, 4) is 0 Å². The number of nitrogens with one attached hydrogen (secondary N) is 1. The van der Waals surface area contributed by atoms with Gasteiger partial charge in [-0.2, -0.15) is 0 Å². The minimum absolute atomic E-state index is 0.0197. The molecule has 4 heterocycles. The summed E-state index contributed by atoms with van der Waals surface area (Å²) in [7, 11) is 0. The van der Waals surface area contributed by atoms with Crippen LogP contribution >= 0.6 is 11.6 Å². The number of hydrogen-bond donors (Lipinski definition) is 1. The minimum Gasteiger partial charge on any atom is -0.376 e. The second-order valence-corrected chi connectivity index (χ2v) is 10.1. The number of piperazine rings is 1. The van der Waals surface area contributed by atoms with Crippen LogP contribution in [0.5, 0.6) is 0 Å². The lowest BCUT2D eigenvalue weighted by Gasteiger charge is -2.44. The summed E-state index contributed by atoms with van der Waals surface area (Å²) in [5, 5.41) is 0.367. The smallest absolute Gasteiger partial charge is 0.126 e. The van der Waals surface area contributed by atoms with Gasteiger partial charge >= 0.3 is 0 Å². The summed E-state index contributed by atoms with van der Waals surface area (Å²) < 4.78 is 19.5. The van der Waals surface area contributed by atoms with E-state index in [1.165, 1.54) is 37.9 Å². The molecule has 1 N–H and O–H groups in total. The van der Waals surface area contributed by atoms with Crippen LogP contribution in [0.1, 0.15) is 45.4 Å². The fourth-order valence-corrected chi connectivity index (χ4v) is 5.95. The Labute approximate surface area is 176 Å². The van der Waals surface area contributed by atoms with Crippen molar-refractivity contribution in [3.05, 3.63) is 28.8 Å². The Morgan fingerprint density at radius 1 is 1.24 bits per heavy atom. The highest BCUT2D eigenvalue weighted by Crippen LogP contribution is 2.35. The van der Waals surface area contributed by atoms with Gasteiger partial charge < -0.3 is 9.72 Å². The molecule has 0 saturated carbocycles. The Hall–Kier alpha value is -1.21. The molecule has 3 aliphatic heterocycles. The molecular formula is C22H30ClFN4O. The minimum atomic E-state index is -0.333. The molecule has 2 aromatic rings. The molecule has 7 heteroatoms. The van der Waals surface area contributed by atoms with E-state index in [0.29, 0.717) is 28.1 Å². The third-order valence-corrected chi connectivity index (χ3v) is 7.19. The van der Waals surface area contributed by atoms with E-state index in [1.807, 2.05) is 0 Å². The monoisotopic (exact) mass is 420 g/mol. The van der Waals surface area contributed by atoms with Crippen LogP contribution in [0.4, 0.5) is 4.39 Å².